The Morgan fingerprint density at radius 3 is 2.32 bits per heavy atom. The van der Waals surface area contributed by atoms with Gasteiger partial charge >= 0.3 is 0 Å². The fourth-order valence-electron chi connectivity index (χ4n) is 3.07. The Morgan fingerprint density at radius 1 is 1.16 bits per heavy atom. The van der Waals surface area contributed by atoms with E-state index in [-0.39, 0.29) is 0 Å². The molecule has 1 aliphatic heterocycles. The van der Waals surface area contributed by atoms with E-state index in [0.29, 0.717) is 11.3 Å². The third-order valence-corrected chi connectivity index (χ3v) is 4.39. The van der Waals surface area contributed by atoms with Crippen LogP contribution in [0.3, 0.4) is 0 Å². The molecule has 2 fully saturated rings. The molecule has 0 aromatic carbocycles. The summed E-state index contributed by atoms with van der Waals surface area (Å²) in [4.78, 5) is 11.4. The largest absolute Gasteiger partial charge is 0.338 e. The van der Waals surface area contributed by atoms with Gasteiger partial charge in [0, 0.05) is 38.6 Å². The minimum absolute atomic E-state index is 0.405. The highest BCUT2D eigenvalue weighted by Gasteiger charge is 2.46. The molecular weight excluding hydrogens is 236 g/mol. The first kappa shape index (κ1) is 12.9. The second kappa shape index (κ2) is 4.75. The van der Waals surface area contributed by atoms with Gasteiger partial charge in [-0.1, -0.05) is 20.8 Å². The summed E-state index contributed by atoms with van der Waals surface area (Å²) in [5, 5.41) is 3.35. The predicted molar refractivity (Wildman–Crippen MR) is 77.4 cm³/mol. The van der Waals surface area contributed by atoms with E-state index in [1.807, 2.05) is 12.4 Å². The van der Waals surface area contributed by atoms with E-state index < -0.39 is 0 Å². The van der Waals surface area contributed by atoms with Crippen LogP contribution in [0, 0.1) is 11.3 Å². The fourth-order valence-corrected chi connectivity index (χ4v) is 3.07. The second-order valence-corrected chi connectivity index (χ2v) is 6.87. The third-order valence-electron chi connectivity index (χ3n) is 4.39. The van der Waals surface area contributed by atoms with Crippen molar-refractivity contribution in [1.29, 1.82) is 0 Å². The summed E-state index contributed by atoms with van der Waals surface area (Å²) in [6.07, 6.45) is 5.38. The molecule has 4 nitrogen and oxygen atoms in total. The lowest BCUT2D eigenvalue weighted by Gasteiger charge is -2.27. The zero-order chi connectivity index (χ0) is 13.5. The van der Waals surface area contributed by atoms with Gasteiger partial charge in [0.2, 0.25) is 5.95 Å². The van der Waals surface area contributed by atoms with E-state index in [4.69, 9.17) is 0 Å². The number of hydrogen-bond donors (Lipinski definition) is 1. The van der Waals surface area contributed by atoms with Gasteiger partial charge in [-0.15, -0.1) is 0 Å². The van der Waals surface area contributed by atoms with Gasteiger partial charge in [0.25, 0.3) is 0 Å². The molecule has 0 radical (unpaired) electrons. The zero-order valence-corrected chi connectivity index (χ0v) is 12.2. The number of rotatable bonds is 2. The maximum Gasteiger partial charge on any atom is 0.225 e. The van der Waals surface area contributed by atoms with Crippen LogP contribution in [0.5, 0.6) is 0 Å². The SMILES string of the molecule is CC(C)(C)[C@@H]1C[C@H]1c1cnc(N2CCNCC2)nc1. The molecule has 1 aromatic heterocycles. The van der Waals surface area contributed by atoms with Gasteiger partial charge in [-0.3, -0.25) is 0 Å². The first-order chi connectivity index (χ1) is 9.05. The van der Waals surface area contributed by atoms with Crippen molar-refractivity contribution in [1.82, 2.24) is 15.3 Å². The number of piperazine rings is 1. The molecule has 1 aliphatic carbocycles. The Labute approximate surface area is 115 Å². The molecular formula is C15H24N4. The quantitative estimate of drug-likeness (QED) is 0.883. The van der Waals surface area contributed by atoms with Crippen LogP contribution in [0.2, 0.25) is 0 Å². The summed E-state index contributed by atoms with van der Waals surface area (Å²) in [6, 6.07) is 0. The second-order valence-electron chi connectivity index (χ2n) is 6.87. The van der Waals surface area contributed by atoms with Crippen LogP contribution in [0.4, 0.5) is 5.95 Å². The molecule has 1 aromatic rings. The minimum atomic E-state index is 0.405. The number of nitrogens with zero attached hydrogens (tertiary/aromatic N) is 3. The van der Waals surface area contributed by atoms with Crippen molar-refractivity contribution in [2.24, 2.45) is 11.3 Å². The van der Waals surface area contributed by atoms with E-state index >= 15 is 0 Å². The van der Waals surface area contributed by atoms with Crippen LogP contribution < -0.4 is 10.2 Å². The summed E-state index contributed by atoms with van der Waals surface area (Å²) in [5.41, 5.74) is 1.72. The van der Waals surface area contributed by atoms with Gasteiger partial charge in [0.15, 0.2) is 0 Å². The molecule has 2 atom stereocenters. The van der Waals surface area contributed by atoms with Crippen molar-refractivity contribution in [3.63, 3.8) is 0 Å². The average molecular weight is 260 g/mol. The average Bonchev–Trinajstić information content (AvgIpc) is 3.20. The van der Waals surface area contributed by atoms with Crippen molar-refractivity contribution in [2.45, 2.75) is 33.1 Å². The highest BCUT2D eigenvalue weighted by molar-refractivity contribution is 5.33. The van der Waals surface area contributed by atoms with E-state index in [1.165, 1.54) is 12.0 Å². The van der Waals surface area contributed by atoms with Gasteiger partial charge in [0.05, 0.1) is 0 Å². The molecule has 3 rings (SSSR count). The smallest absolute Gasteiger partial charge is 0.225 e. The van der Waals surface area contributed by atoms with Gasteiger partial charge in [0.1, 0.15) is 0 Å². The van der Waals surface area contributed by atoms with Crippen LogP contribution >= 0.6 is 0 Å². The predicted octanol–water partition coefficient (Wildman–Crippen LogP) is 2.04. The first-order valence-electron chi connectivity index (χ1n) is 7.33. The topological polar surface area (TPSA) is 41.1 Å². The lowest BCUT2D eigenvalue weighted by atomic mass is 9.88. The summed E-state index contributed by atoms with van der Waals surface area (Å²) in [5.74, 6) is 2.36. The van der Waals surface area contributed by atoms with Crippen molar-refractivity contribution >= 4 is 5.95 Å². The monoisotopic (exact) mass is 260 g/mol. The Bertz CT molecular complexity index is 428. The van der Waals surface area contributed by atoms with Crippen LogP contribution in [0.1, 0.15) is 38.7 Å². The number of anilines is 1. The maximum atomic E-state index is 4.57. The molecule has 2 aliphatic rings. The molecule has 19 heavy (non-hydrogen) atoms. The summed E-state index contributed by atoms with van der Waals surface area (Å²) in [6.45, 7) is 11.1. The molecule has 1 saturated heterocycles. The molecule has 0 bridgehead atoms. The standard InChI is InChI=1S/C15H24N4/c1-15(2,3)13-8-12(13)11-9-17-14(18-10-11)19-6-4-16-5-7-19/h9-10,12-13,16H,4-8H2,1-3H3/t12-,13+/m0/s1. The van der Waals surface area contributed by atoms with Crippen molar-refractivity contribution in [3.8, 4) is 0 Å². The molecule has 2 heterocycles. The van der Waals surface area contributed by atoms with E-state index in [9.17, 15) is 0 Å². The van der Waals surface area contributed by atoms with Crippen LogP contribution in [-0.4, -0.2) is 36.1 Å². The molecule has 0 unspecified atom stereocenters. The van der Waals surface area contributed by atoms with Crippen LogP contribution in [0.15, 0.2) is 12.4 Å². The number of nitrogens with one attached hydrogen (secondary N) is 1. The first-order valence-corrected chi connectivity index (χ1v) is 7.33. The van der Waals surface area contributed by atoms with E-state index in [1.54, 1.807) is 0 Å². The van der Waals surface area contributed by atoms with Gasteiger partial charge in [-0.2, -0.15) is 0 Å². The van der Waals surface area contributed by atoms with Crippen molar-refractivity contribution in [3.05, 3.63) is 18.0 Å². The zero-order valence-electron chi connectivity index (χ0n) is 12.2. The number of hydrogen-bond acceptors (Lipinski definition) is 4. The van der Waals surface area contributed by atoms with E-state index in [2.05, 4.69) is 41.0 Å². The lowest BCUT2D eigenvalue weighted by Crippen LogP contribution is -2.44. The normalized spacial score (nSPS) is 27.4. The van der Waals surface area contributed by atoms with Crippen LogP contribution in [0.25, 0.3) is 0 Å². The number of aromatic nitrogens is 2. The molecule has 1 saturated carbocycles. The Morgan fingerprint density at radius 2 is 1.79 bits per heavy atom. The molecule has 104 valence electrons. The summed E-state index contributed by atoms with van der Waals surface area (Å²) < 4.78 is 0. The van der Waals surface area contributed by atoms with Gasteiger partial charge in [-0.05, 0) is 29.2 Å². The van der Waals surface area contributed by atoms with Gasteiger partial charge < -0.3 is 10.2 Å². The fraction of sp³-hybridized carbons (Fsp3) is 0.733. The maximum absolute atomic E-state index is 4.57. The Kier molecular flexibility index (Phi) is 3.21. The Hall–Kier alpha value is -1.16. The van der Waals surface area contributed by atoms with Crippen molar-refractivity contribution < 1.29 is 0 Å². The minimum Gasteiger partial charge on any atom is -0.338 e. The highest BCUT2D eigenvalue weighted by atomic mass is 15.3. The van der Waals surface area contributed by atoms with Crippen molar-refractivity contribution in [2.75, 3.05) is 31.1 Å². The highest BCUT2D eigenvalue weighted by Crippen LogP contribution is 2.56. The molecule has 0 amide bonds. The molecule has 1 N–H and O–H groups in total. The third kappa shape index (κ3) is 2.73. The van der Waals surface area contributed by atoms with E-state index in [0.717, 1.165) is 38.0 Å². The van der Waals surface area contributed by atoms with Gasteiger partial charge in [-0.25, -0.2) is 9.97 Å². The Balaban J connectivity index is 1.67. The summed E-state index contributed by atoms with van der Waals surface area (Å²) in [7, 11) is 0. The molecule has 4 heteroatoms. The lowest BCUT2D eigenvalue weighted by molar-refractivity contribution is 0.343. The molecule has 0 spiro atoms. The summed E-state index contributed by atoms with van der Waals surface area (Å²) >= 11 is 0. The van der Waals surface area contributed by atoms with Crippen LogP contribution in [-0.2, 0) is 0 Å².